The molecule has 0 aliphatic heterocycles. The van der Waals surface area contributed by atoms with E-state index in [4.69, 9.17) is 0 Å². The Balaban J connectivity index is 1.95. The summed E-state index contributed by atoms with van der Waals surface area (Å²) in [5.41, 5.74) is -0.0713. The topological polar surface area (TPSA) is 46.8 Å². The molecule has 0 spiro atoms. The predicted molar refractivity (Wildman–Crippen MR) is 63.3 cm³/mol. The van der Waals surface area contributed by atoms with Gasteiger partial charge in [0, 0.05) is 25.2 Å². The Morgan fingerprint density at radius 3 is 2.63 bits per heavy atom. The van der Waals surface area contributed by atoms with E-state index >= 15 is 0 Å². The van der Waals surface area contributed by atoms with Crippen molar-refractivity contribution in [1.82, 2.24) is 24.9 Å². The van der Waals surface area contributed by atoms with Crippen LogP contribution in [0.2, 0.25) is 0 Å². The minimum atomic E-state index is -4.38. The molecule has 0 N–H and O–H groups in total. The van der Waals surface area contributed by atoms with Crippen molar-refractivity contribution in [3.8, 4) is 0 Å². The van der Waals surface area contributed by atoms with Crippen molar-refractivity contribution in [2.45, 2.75) is 19.3 Å². The van der Waals surface area contributed by atoms with Gasteiger partial charge in [-0.1, -0.05) is 5.21 Å². The molecule has 0 aromatic carbocycles. The molecular formula is C10H12F3N5S. The molecule has 0 aliphatic carbocycles. The third-order valence-electron chi connectivity index (χ3n) is 2.33. The van der Waals surface area contributed by atoms with Crippen LogP contribution >= 0.6 is 11.3 Å². The maximum Gasteiger partial charge on any atom is 0.434 e. The first kappa shape index (κ1) is 13.9. The van der Waals surface area contributed by atoms with E-state index in [1.165, 1.54) is 0 Å². The number of hydrogen-bond donors (Lipinski definition) is 0. The summed E-state index contributed by atoms with van der Waals surface area (Å²) in [6.07, 6.45) is -2.61. The Labute approximate surface area is 111 Å². The minimum absolute atomic E-state index is 0.345. The first-order valence-corrected chi connectivity index (χ1v) is 6.28. The Kier molecular flexibility index (Phi) is 3.85. The van der Waals surface area contributed by atoms with Gasteiger partial charge in [0.1, 0.15) is 5.01 Å². The van der Waals surface area contributed by atoms with E-state index in [0.717, 1.165) is 22.4 Å². The molecule has 0 bridgehead atoms. The largest absolute Gasteiger partial charge is 0.434 e. The highest BCUT2D eigenvalue weighted by Crippen LogP contribution is 2.30. The highest BCUT2D eigenvalue weighted by molar-refractivity contribution is 7.09. The van der Waals surface area contributed by atoms with Crippen molar-refractivity contribution in [3.63, 3.8) is 0 Å². The maximum atomic E-state index is 12.4. The van der Waals surface area contributed by atoms with Crippen LogP contribution in [-0.4, -0.2) is 31.9 Å². The highest BCUT2D eigenvalue weighted by Gasteiger charge is 2.33. The van der Waals surface area contributed by atoms with Crippen LogP contribution < -0.4 is 0 Å². The van der Waals surface area contributed by atoms with Crippen LogP contribution in [0.4, 0.5) is 13.2 Å². The zero-order chi connectivity index (χ0) is 14.0. The Bertz CT molecular complexity index is 547. The summed E-state index contributed by atoms with van der Waals surface area (Å²) < 4.78 is 38.8. The Morgan fingerprint density at radius 1 is 1.37 bits per heavy atom. The summed E-state index contributed by atoms with van der Waals surface area (Å²) in [5.74, 6) is 0. The van der Waals surface area contributed by atoms with Crippen molar-refractivity contribution < 1.29 is 13.2 Å². The second-order valence-corrected chi connectivity index (χ2v) is 5.12. The second kappa shape index (κ2) is 5.25. The van der Waals surface area contributed by atoms with E-state index in [2.05, 4.69) is 15.3 Å². The summed E-state index contributed by atoms with van der Waals surface area (Å²) in [4.78, 5) is 5.42. The first-order chi connectivity index (χ1) is 8.84. The zero-order valence-corrected chi connectivity index (χ0v) is 11.2. The smallest absolute Gasteiger partial charge is 0.294 e. The van der Waals surface area contributed by atoms with Gasteiger partial charge in [-0.05, 0) is 7.05 Å². The van der Waals surface area contributed by atoms with Crippen molar-refractivity contribution in [3.05, 3.63) is 28.0 Å². The third kappa shape index (κ3) is 3.74. The van der Waals surface area contributed by atoms with Crippen LogP contribution in [0.1, 0.15) is 16.4 Å². The number of aromatic nitrogens is 4. The van der Waals surface area contributed by atoms with Gasteiger partial charge in [-0.15, -0.1) is 16.4 Å². The lowest BCUT2D eigenvalue weighted by Gasteiger charge is -2.12. The molecule has 2 aromatic heterocycles. The molecule has 0 atom stereocenters. The molecule has 2 aromatic rings. The van der Waals surface area contributed by atoms with Gasteiger partial charge in [0.25, 0.3) is 0 Å². The van der Waals surface area contributed by atoms with E-state index in [-0.39, 0.29) is 0 Å². The van der Waals surface area contributed by atoms with Crippen LogP contribution in [0.25, 0.3) is 0 Å². The number of alkyl halides is 3. The fourth-order valence-corrected chi connectivity index (χ4v) is 2.42. The third-order valence-corrected chi connectivity index (χ3v) is 3.16. The first-order valence-electron chi connectivity index (χ1n) is 5.40. The predicted octanol–water partition coefficient (Wildman–Crippen LogP) is 1.92. The van der Waals surface area contributed by atoms with Gasteiger partial charge in [-0.25, -0.2) is 4.98 Å². The molecule has 0 saturated carbocycles. The standard InChI is InChI=1S/C10H12F3N5S/c1-17(3-7-4-18(2)16-15-7)5-9-14-8(6-19-9)10(11,12)13/h4,6H,3,5H2,1-2H3. The molecule has 2 rings (SSSR count). The summed E-state index contributed by atoms with van der Waals surface area (Å²) in [5, 5.41) is 9.17. The lowest BCUT2D eigenvalue weighted by molar-refractivity contribution is -0.140. The number of aryl methyl sites for hydroxylation is 1. The molecule has 0 fully saturated rings. The monoisotopic (exact) mass is 291 g/mol. The lowest BCUT2D eigenvalue weighted by Crippen LogP contribution is -2.17. The van der Waals surface area contributed by atoms with E-state index in [9.17, 15) is 13.2 Å². The van der Waals surface area contributed by atoms with Gasteiger partial charge in [-0.3, -0.25) is 9.58 Å². The van der Waals surface area contributed by atoms with Crippen LogP contribution in [-0.2, 0) is 26.3 Å². The molecule has 0 saturated heterocycles. The van der Waals surface area contributed by atoms with E-state index in [1.54, 1.807) is 25.0 Å². The molecule has 0 radical (unpaired) electrons. The molecule has 0 aliphatic rings. The summed E-state index contributed by atoms with van der Waals surface area (Å²) in [6.45, 7) is 0.853. The summed E-state index contributed by atoms with van der Waals surface area (Å²) in [7, 11) is 3.55. The number of thiazole rings is 1. The second-order valence-electron chi connectivity index (χ2n) is 4.18. The van der Waals surface area contributed by atoms with Crippen LogP contribution in [0.15, 0.2) is 11.6 Å². The zero-order valence-electron chi connectivity index (χ0n) is 10.3. The SMILES string of the molecule is CN(Cc1cn(C)nn1)Cc1nc(C(F)(F)F)cs1. The summed E-state index contributed by atoms with van der Waals surface area (Å²) >= 11 is 1.01. The molecule has 0 unspecified atom stereocenters. The molecule has 0 amide bonds. The number of hydrogen-bond acceptors (Lipinski definition) is 5. The van der Waals surface area contributed by atoms with Gasteiger partial charge >= 0.3 is 6.18 Å². The lowest BCUT2D eigenvalue weighted by atomic mass is 10.4. The molecule has 9 heteroatoms. The van der Waals surface area contributed by atoms with Crippen LogP contribution in [0.3, 0.4) is 0 Å². The van der Waals surface area contributed by atoms with Crippen LogP contribution in [0.5, 0.6) is 0 Å². The summed E-state index contributed by atoms with van der Waals surface area (Å²) in [6, 6.07) is 0. The van der Waals surface area contributed by atoms with Crippen molar-refractivity contribution >= 4 is 11.3 Å². The van der Waals surface area contributed by atoms with Gasteiger partial charge in [-0.2, -0.15) is 13.2 Å². The minimum Gasteiger partial charge on any atom is -0.294 e. The van der Waals surface area contributed by atoms with E-state index in [0.29, 0.717) is 18.1 Å². The molecular weight excluding hydrogens is 279 g/mol. The van der Waals surface area contributed by atoms with Gasteiger partial charge in [0.05, 0.1) is 12.2 Å². The van der Waals surface area contributed by atoms with Crippen molar-refractivity contribution in [2.24, 2.45) is 7.05 Å². The molecule has 19 heavy (non-hydrogen) atoms. The maximum absolute atomic E-state index is 12.4. The highest BCUT2D eigenvalue weighted by atomic mass is 32.1. The van der Waals surface area contributed by atoms with Crippen LogP contribution in [0, 0.1) is 0 Å². The van der Waals surface area contributed by atoms with Gasteiger partial charge < -0.3 is 0 Å². The number of rotatable bonds is 4. The average molecular weight is 291 g/mol. The van der Waals surface area contributed by atoms with Gasteiger partial charge in [0.15, 0.2) is 5.69 Å². The number of nitrogens with zero attached hydrogens (tertiary/aromatic N) is 5. The average Bonchev–Trinajstić information content (AvgIpc) is 2.87. The van der Waals surface area contributed by atoms with Crippen molar-refractivity contribution in [2.75, 3.05) is 7.05 Å². The fraction of sp³-hybridized carbons (Fsp3) is 0.500. The fourth-order valence-electron chi connectivity index (χ4n) is 1.54. The van der Waals surface area contributed by atoms with Gasteiger partial charge in [0.2, 0.25) is 0 Å². The Morgan fingerprint density at radius 2 is 2.11 bits per heavy atom. The Hall–Kier alpha value is -1.48. The molecule has 5 nitrogen and oxygen atoms in total. The van der Waals surface area contributed by atoms with E-state index < -0.39 is 11.9 Å². The molecule has 2 heterocycles. The van der Waals surface area contributed by atoms with Crippen molar-refractivity contribution in [1.29, 1.82) is 0 Å². The number of halogens is 3. The molecule has 104 valence electrons. The normalized spacial score (nSPS) is 12.3. The van der Waals surface area contributed by atoms with E-state index in [1.807, 2.05) is 4.90 Å². The quantitative estimate of drug-likeness (QED) is 0.863.